The quantitative estimate of drug-likeness (QED) is 0.832. The van der Waals surface area contributed by atoms with Gasteiger partial charge in [0.1, 0.15) is 0 Å². The summed E-state index contributed by atoms with van der Waals surface area (Å²) < 4.78 is 0. The van der Waals surface area contributed by atoms with Crippen molar-refractivity contribution in [2.45, 2.75) is 20.3 Å². The summed E-state index contributed by atoms with van der Waals surface area (Å²) in [5, 5.41) is 3.60. The SMILES string of the molecule is Cc1cc(C)c(N2CCCNC(=O)C2)c(Cl)c1. The van der Waals surface area contributed by atoms with E-state index in [-0.39, 0.29) is 5.91 Å². The van der Waals surface area contributed by atoms with Gasteiger partial charge in [-0.1, -0.05) is 17.7 Å². The van der Waals surface area contributed by atoms with Crippen molar-refractivity contribution in [3.05, 3.63) is 28.3 Å². The molecule has 1 N–H and O–H groups in total. The van der Waals surface area contributed by atoms with Crippen molar-refractivity contribution >= 4 is 23.2 Å². The second-order valence-corrected chi connectivity index (χ2v) is 4.94. The Kier molecular flexibility index (Phi) is 3.57. The van der Waals surface area contributed by atoms with Crippen LogP contribution in [0, 0.1) is 13.8 Å². The van der Waals surface area contributed by atoms with E-state index in [1.54, 1.807) is 0 Å². The first-order valence-corrected chi connectivity index (χ1v) is 6.24. The van der Waals surface area contributed by atoms with Gasteiger partial charge in [0.2, 0.25) is 5.91 Å². The molecule has 0 aromatic heterocycles. The number of hydrogen-bond donors (Lipinski definition) is 1. The molecule has 1 aliphatic heterocycles. The van der Waals surface area contributed by atoms with E-state index < -0.39 is 0 Å². The van der Waals surface area contributed by atoms with E-state index >= 15 is 0 Å². The molecule has 0 atom stereocenters. The van der Waals surface area contributed by atoms with Crippen molar-refractivity contribution < 1.29 is 4.79 Å². The number of hydrogen-bond acceptors (Lipinski definition) is 2. The Morgan fingerprint density at radius 3 is 2.82 bits per heavy atom. The van der Waals surface area contributed by atoms with Crippen LogP contribution in [0.25, 0.3) is 0 Å². The molecule has 1 fully saturated rings. The number of anilines is 1. The number of benzene rings is 1. The zero-order valence-electron chi connectivity index (χ0n) is 10.2. The van der Waals surface area contributed by atoms with Gasteiger partial charge in [0, 0.05) is 13.1 Å². The molecule has 0 spiro atoms. The van der Waals surface area contributed by atoms with Gasteiger partial charge in [-0.25, -0.2) is 0 Å². The van der Waals surface area contributed by atoms with Crippen LogP contribution in [0.15, 0.2) is 12.1 Å². The van der Waals surface area contributed by atoms with Crippen molar-refractivity contribution in [1.82, 2.24) is 5.32 Å². The van der Waals surface area contributed by atoms with Gasteiger partial charge < -0.3 is 10.2 Å². The van der Waals surface area contributed by atoms with Crippen molar-refractivity contribution in [3.63, 3.8) is 0 Å². The predicted molar refractivity (Wildman–Crippen MR) is 70.8 cm³/mol. The number of carbonyl (C=O) groups excluding carboxylic acids is 1. The monoisotopic (exact) mass is 252 g/mol. The summed E-state index contributed by atoms with van der Waals surface area (Å²) in [4.78, 5) is 13.6. The molecule has 0 bridgehead atoms. The highest BCUT2D eigenvalue weighted by Crippen LogP contribution is 2.31. The lowest BCUT2D eigenvalue weighted by atomic mass is 10.1. The molecule has 1 aromatic carbocycles. The van der Waals surface area contributed by atoms with Crippen LogP contribution in [0.4, 0.5) is 5.69 Å². The molecule has 0 radical (unpaired) electrons. The molecule has 0 unspecified atom stereocenters. The number of nitrogens with zero attached hydrogens (tertiary/aromatic N) is 1. The molecule has 92 valence electrons. The van der Waals surface area contributed by atoms with Gasteiger partial charge in [-0.15, -0.1) is 0 Å². The molecular weight excluding hydrogens is 236 g/mol. The first-order chi connectivity index (χ1) is 8.08. The number of halogens is 1. The third-order valence-corrected chi connectivity index (χ3v) is 3.26. The van der Waals surface area contributed by atoms with E-state index in [0.717, 1.165) is 41.3 Å². The highest BCUT2D eigenvalue weighted by Gasteiger charge is 2.18. The maximum absolute atomic E-state index is 11.6. The third kappa shape index (κ3) is 2.72. The summed E-state index contributed by atoms with van der Waals surface area (Å²) in [6.07, 6.45) is 0.954. The number of aryl methyl sites for hydroxylation is 2. The number of rotatable bonds is 1. The molecule has 1 aliphatic rings. The summed E-state index contributed by atoms with van der Waals surface area (Å²) in [6, 6.07) is 4.05. The van der Waals surface area contributed by atoms with E-state index in [4.69, 9.17) is 11.6 Å². The number of nitrogens with one attached hydrogen (secondary N) is 1. The standard InChI is InChI=1S/C13H17ClN2O/c1-9-6-10(2)13(11(14)7-9)16-5-3-4-15-12(17)8-16/h6-7H,3-5,8H2,1-2H3,(H,15,17). The topological polar surface area (TPSA) is 32.3 Å². The highest BCUT2D eigenvalue weighted by atomic mass is 35.5. The van der Waals surface area contributed by atoms with Gasteiger partial charge in [-0.05, 0) is 37.5 Å². The average molecular weight is 253 g/mol. The van der Waals surface area contributed by atoms with E-state index in [2.05, 4.69) is 16.3 Å². The molecule has 1 heterocycles. The number of carbonyl (C=O) groups is 1. The molecule has 3 nitrogen and oxygen atoms in total. The van der Waals surface area contributed by atoms with Crippen LogP contribution < -0.4 is 10.2 Å². The minimum Gasteiger partial charge on any atom is -0.361 e. The summed E-state index contributed by atoms with van der Waals surface area (Å²) >= 11 is 6.30. The summed E-state index contributed by atoms with van der Waals surface area (Å²) in [7, 11) is 0. The average Bonchev–Trinajstić information content (AvgIpc) is 2.41. The lowest BCUT2D eigenvalue weighted by Gasteiger charge is -2.25. The van der Waals surface area contributed by atoms with Crippen LogP contribution in [0.3, 0.4) is 0 Å². The summed E-state index contributed by atoms with van der Waals surface area (Å²) in [5.74, 6) is 0.0681. The molecule has 1 aromatic rings. The van der Waals surface area contributed by atoms with Crippen LogP contribution in [-0.2, 0) is 4.79 Å². The first kappa shape index (κ1) is 12.2. The Morgan fingerprint density at radius 1 is 1.35 bits per heavy atom. The Balaban J connectivity index is 2.35. The second kappa shape index (κ2) is 4.96. The van der Waals surface area contributed by atoms with Crippen LogP contribution in [0.1, 0.15) is 17.5 Å². The normalized spacial score (nSPS) is 16.6. The lowest BCUT2D eigenvalue weighted by molar-refractivity contribution is -0.119. The molecule has 1 amide bonds. The minimum absolute atomic E-state index is 0.0681. The molecule has 2 rings (SSSR count). The molecular formula is C13H17ClN2O. The van der Waals surface area contributed by atoms with Gasteiger partial charge in [-0.2, -0.15) is 0 Å². The third-order valence-electron chi connectivity index (χ3n) is 2.98. The Hall–Kier alpha value is -1.22. The summed E-state index contributed by atoms with van der Waals surface area (Å²) in [5.41, 5.74) is 3.27. The van der Waals surface area contributed by atoms with E-state index in [1.165, 1.54) is 0 Å². The fourth-order valence-corrected chi connectivity index (χ4v) is 2.75. The highest BCUT2D eigenvalue weighted by molar-refractivity contribution is 6.33. The predicted octanol–water partition coefficient (Wildman–Crippen LogP) is 2.28. The van der Waals surface area contributed by atoms with E-state index in [9.17, 15) is 4.79 Å². The fourth-order valence-electron chi connectivity index (χ4n) is 2.31. The van der Waals surface area contributed by atoms with Gasteiger partial charge in [-0.3, -0.25) is 4.79 Å². The zero-order valence-corrected chi connectivity index (χ0v) is 11.0. The van der Waals surface area contributed by atoms with Crippen molar-refractivity contribution in [2.24, 2.45) is 0 Å². The zero-order chi connectivity index (χ0) is 12.4. The Morgan fingerprint density at radius 2 is 2.12 bits per heavy atom. The molecule has 1 saturated heterocycles. The fraction of sp³-hybridized carbons (Fsp3) is 0.462. The maximum Gasteiger partial charge on any atom is 0.239 e. The number of amides is 1. The van der Waals surface area contributed by atoms with Gasteiger partial charge >= 0.3 is 0 Å². The van der Waals surface area contributed by atoms with Gasteiger partial charge in [0.25, 0.3) is 0 Å². The lowest BCUT2D eigenvalue weighted by Crippen LogP contribution is -2.33. The van der Waals surface area contributed by atoms with Gasteiger partial charge in [0.05, 0.1) is 17.3 Å². The smallest absolute Gasteiger partial charge is 0.239 e. The van der Waals surface area contributed by atoms with Crippen LogP contribution in [0.5, 0.6) is 0 Å². The van der Waals surface area contributed by atoms with E-state index in [0.29, 0.717) is 6.54 Å². The second-order valence-electron chi connectivity index (χ2n) is 4.54. The molecule has 17 heavy (non-hydrogen) atoms. The molecule has 4 heteroatoms. The van der Waals surface area contributed by atoms with Crippen LogP contribution in [0.2, 0.25) is 5.02 Å². The van der Waals surface area contributed by atoms with Crippen molar-refractivity contribution in [3.8, 4) is 0 Å². The first-order valence-electron chi connectivity index (χ1n) is 5.86. The van der Waals surface area contributed by atoms with Gasteiger partial charge in [0.15, 0.2) is 0 Å². The molecule has 0 aliphatic carbocycles. The Labute approximate surface area is 107 Å². The largest absolute Gasteiger partial charge is 0.361 e. The minimum atomic E-state index is 0.0681. The van der Waals surface area contributed by atoms with E-state index in [1.807, 2.05) is 19.9 Å². The summed E-state index contributed by atoms with van der Waals surface area (Å²) in [6.45, 7) is 6.07. The maximum atomic E-state index is 11.6. The van der Waals surface area contributed by atoms with Crippen molar-refractivity contribution in [1.29, 1.82) is 0 Å². The Bertz CT molecular complexity index is 422. The van der Waals surface area contributed by atoms with Crippen LogP contribution >= 0.6 is 11.6 Å². The van der Waals surface area contributed by atoms with Crippen molar-refractivity contribution in [2.75, 3.05) is 24.5 Å². The van der Waals surface area contributed by atoms with Crippen LogP contribution in [-0.4, -0.2) is 25.5 Å². The molecule has 0 saturated carbocycles.